The number of nitrogens with zero attached hydrogens (tertiary/aromatic N) is 2. The maximum absolute atomic E-state index is 11.4. The van der Waals surface area contributed by atoms with E-state index in [-0.39, 0.29) is 56.7 Å². The molecule has 3 aromatic rings. The van der Waals surface area contributed by atoms with Crippen molar-refractivity contribution in [3.8, 4) is 5.75 Å². The van der Waals surface area contributed by atoms with Gasteiger partial charge in [0, 0.05) is 10.8 Å². The van der Waals surface area contributed by atoms with Crippen molar-refractivity contribution >= 4 is 32.3 Å². The Bertz CT molecular complexity index is 1010. The number of hydrogen-bond donors (Lipinski definition) is 2. The summed E-state index contributed by atoms with van der Waals surface area (Å²) in [5, 5.41) is 18.8. The number of aromatic hydroxyl groups is 1. The SMILES string of the molecule is O=S(=O)(O)c1cccc2c(O)c(N=Nc3ccccc3)ccc12.[Na+]. The Balaban J connectivity index is 0.00000208. The summed E-state index contributed by atoms with van der Waals surface area (Å²) in [6, 6.07) is 16.2. The molecule has 0 radical (unpaired) electrons. The molecule has 116 valence electrons. The Morgan fingerprint density at radius 2 is 1.50 bits per heavy atom. The van der Waals surface area contributed by atoms with Crippen LogP contribution in [-0.2, 0) is 10.1 Å². The van der Waals surface area contributed by atoms with E-state index in [4.69, 9.17) is 0 Å². The summed E-state index contributed by atoms with van der Waals surface area (Å²) in [5.74, 6) is -0.201. The summed E-state index contributed by atoms with van der Waals surface area (Å²) in [7, 11) is -4.38. The van der Waals surface area contributed by atoms with Crippen molar-refractivity contribution in [1.29, 1.82) is 0 Å². The molecule has 6 nitrogen and oxygen atoms in total. The first kappa shape index (κ1) is 18.6. The van der Waals surface area contributed by atoms with Crippen molar-refractivity contribution in [2.24, 2.45) is 10.2 Å². The fourth-order valence-corrected chi connectivity index (χ4v) is 2.92. The smallest absolute Gasteiger partial charge is 0.505 e. The second-order valence-electron chi connectivity index (χ2n) is 4.80. The van der Waals surface area contributed by atoms with Gasteiger partial charge in [-0.25, -0.2) is 0 Å². The Kier molecular flexibility index (Phi) is 5.74. The summed E-state index contributed by atoms with van der Waals surface area (Å²) in [5.41, 5.74) is 0.826. The van der Waals surface area contributed by atoms with Gasteiger partial charge < -0.3 is 5.11 Å². The van der Waals surface area contributed by atoms with E-state index >= 15 is 0 Å². The second-order valence-corrected chi connectivity index (χ2v) is 6.19. The molecule has 0 amide bonds. The van der Waals surface area contributed by atoms with Gasteiger partial charge in [-0.2, -0.15) is 13.5 Å². The zero-order valence-electron chi connectivity index (χ0n) is 12.8. The molecule has 0 bridgehead atoms. The van der Waals surface area contributed by atoms with Gasteiger partial charge in [0.1, 0.15) is 10.6 Å². The number of fused-ring (bicyclic) bond motifs is 1. The number of rotatable bonds is 3. The van der Waals surface area contributed by atoms with Gasteiger partial charge in [-0.15, -0.1) is 5.11 Å². The summed E-state index contributed by atoms with van der Waals surface area (Å²) < 4.78 is 32.0. The molecule has 0 spiro atoms. The third-order valence-electron chi connectivity index (χ3n) is 3.28. The minimum absolute atomic E-state index is 0. The number of phenols is 1. The largest absolute Gasteiger partial charge is 1.00 e. The van der Waals surface area contributed by atoms with Gasteiger partial charge in [0.05, 0.1) is 5.69 Å². The average molecular weight is 351 g/mol. The number of azo groups is 1. The molecule has 0 aliphatic carbocycles. The predicted molar refractivity (Wildman–Crippen MR) is 86.0 cm³/mol. The minimum atomic E-state index is -4.38. The van der Waals surface area contributed by atoms with E-state index in [2.05, 4.69) is 10.2 Å². The van der Waals surface area contributed by atoms with E-state index in [0.717, 1.165) is 0 Å². The normalized spacial score (nSPS) is 11.5. The summed E-state index contributed by atoms with van der Waals surface area (Å²) in [6.07, 6.45) is 0. The van der Waals surface area contributed by atoms with Crippen molar-refractivity contribution in [3.63, 3.8) is 0 Å². The van der Waals surface area contributed by atoms with Crippen molar-refractivity contribution in [3.05, 3.63) is 60.7 Å². The Morgan fingerprint density at radius 3 is 2.17 bits per heavy atom. The molecule has 0 unspecified atom stereocenters. The molecular weight excluding hydrogens is 339 g/mol. The van der Waals surface area contributed by atoms with E-state index < -0.39 is 10.1 Å². The molecule has 0 aliphatic rings. The van der Waals surface area contributed by atoms with Crippen LogP contribution < -0.4 is 29.6 Å². The van der Waals surface area contributed by atoms with Crippen molar-refractivity contribution < 1.29 is 47.6 Å². The number of benzene rings is 3. The van der Waals surface area contributed by atoms with Crippen LogP contribution in [0.1, 0.15) is 0 Å². The van der Waals surface area contributed by atoms with Crippen LogP contribution in [0.2, 0.25) is 0 Å². The Hall–Kier alpha value is -1.77. The fraction of sp³-hybridized carbons (Fsp3) is 0. The van der Waals surface area contributed by atoms with Crippen LogP contribution in [0.4, 0.5) is 11.4 Å². The first-order chi connectivity index (χ1) is 11.0. The van der Waals surface area contributed by atoms with Gasteiger partial charge in [0.15, 0.2) is 5.75 Å². The number of phenolic OH excluding ortho intramolecular Hbond substituents is 1. The summed E-state index contributed by atoms with van der Waals surface area (Å²) in [6.45, 7) is 0. The standard InChI is InChI=1S/C16H12N2O4S.Na/c19-16-13-7-4-8-15(23(20,21)22)12(13)9-10-14(16)18-17-11-5-2-1-3-6-11;/h1-10,19H,(H,20,21,22);/q;+1. The van der Waals surface area contributed by atoms with Crippen LogP contribution in [-0.4, -0.2) is 18.1 Å². The molecule has 0 aliphatic heterocycles. The van der Waals surface area contributed by atoms with Crippen molar-refractivity contribution in [1.82, 2.24) is 0 Å². The molecule has 24 heavy (non-hydrogen) atoms. The maximum Gasteiger partial charge on any atom is 1.00 e. The van der Waals surface area contributed by atoms with Gasteiger partial charge in [-0.3, -0.25) is 4.55 Å². The third kappa shape index (κ3) is 3.82. The molecule has 0 aromatic heterocycles. The molecule has 0 saturated heterocycles. The molecule has 2 N–H and O–H groups in total. The molecule has 3 rings (SSSR count). The van der Waals surface area contributed by atoms with Crippen molar-refractivity contribution in [2.45, 2.75) is 4.90 Å². The average Bonchev–Trinajstić information content (AvgIpc) is 2.54. The van der Waals surface area contributed by atoms with Gasteiger partial charge in [-0.05, 0) is 24.3 Å². The van der Waals surface area contributed by atoms with E-state index in [1.54, 1.807) is 18.2 Å². The maximum atomic E-state index is 11.4. The summed E-state index contributed by atoms with van der Waals surface area (Å²) in [4.78, 5) is -0.267. The molecule has 0 heterocycles. The molecule has 3 aromatic carbocycles. The molecule has 0 atom stereocenters. The van der Waals surface area contributed by atoms with Crippen LogP contribution >= 0.6 is 0 Å². The van der Waals surface area contributed by atoms with Gasteiger partial charge in [0.25, 0.3) is 10.1 Å². The van der Waals surface area contributed by atoms with Crippen LogP contribution in [0.3, 0.4) is 0 Å². The van der Waals surface area contributed by atoms with Crippen LogP contribution in [0.25, 0.3) is 10.8 Å². The second kappa shape index (κ2) is 7.42. The van der Waals surface area contributed by atoms with E-state index in [9.17, 15) is 18.1 Å². The van der Waals surface area contributed by atoms with E-state index in [1.165, 1.54) is 24.3 Å². The zero-order valence-corrected chi connectivity index (χ0v) is 15.6. The monoisotopic (exact) mass is 351 g/mol. The quantitative estimate of drug-likeness (QED) is 0.421. The van der Waals surface area contributed by atoms with Crippen LogP contribution in [0.15, 0.2) is 75.8 Å². The summed E-state index contributed by atoms with van der Waals surface area (Å²) >= 11 is 0. The fourth-order valence-electron chi connectivity index (χ4n) is 2.21. The molecule has 0 saturated carbocycles. The van der Waals surface area contributed by atoms with E-state index in [1.807, 2.05) is 18.2 Å². The van der Waals surface area contributed by atoms with Gasteiger partial charge >= 0.3 is 29.6 Å². The first-order valence-corrected chi connectivity index (χ1v) is 8.10. The molecular formula is C16H12N2NaO4S+. The zero-order chi connectivity index (χ0) is 16.4. The number of hydrogen-bond acceptors (Lipinski definition) is 5. The Labute approximate surface area is 160 Å². The topological polar surface area (TPSA) is 99.3 Å². The molecule has 0 fully saturated rings. The van der Waals surface area contributed by atoms with Crippen LogP contribution in [0.5, 0.6) is 5.75 Å². The third-order valence-corrected chi connectivity index (χ3v) is 4.19. The van der Waals surface area contributed by atoms with Crippen molar-refractivity contribution in [2.75, 3.05) is 0 Å². The van der Waals surface area contributed by atoms with Gasteiger partial charge in [0.2, 0.25) is 0 Å². The minimum Gasteiger partial charge on any atom is -0.505 e. The first-order valence-electron chi connectivity index (χ1n) is 6.66. The van der Waals surface area contributed by atoms with E-state index in [0.29, 0.717) is 5.69 Å². The van der Waals surface area contributed by atoms with Gasteiger partial charge in [-0.1, -0.05) is 36.4 Å². The predicted octanol–water partition coefficient (Wildman–Crippen LogP) is 1.21. The van der Waals surface area contributed by atoms with Crippen LogP contribution in [0, 0.1) is 0 Å². The molecule has 8 heteroatoms. The Morgan fingerprint density at radius 1 is 0.792 bits per heavy atom.